The van der Waals surface area contributed by atoms with Crippen molar-refractivity contribution < 1.29 is 9.53 Å². The van der Waals surface area contributed by atoms with Crippen LogP contribution in [0.3, 0.4) is 0 Å². The fourth-order valence-corrected chi connectivity index (χ4v) is 4.91. The Bertz CT molecular complexity index is 573. The van der Waals surface area contributed by atoms with E-state index in [2.05, 4.69) is 37.8 Å². The first-order valence-electron chi connectivity index (χ1n) is 10.5. The van der Waals surface area contributed by atoms with E-state index in [0.29, 0.717) is 6.42 Å². The van der Waals surface area contributed by atoms with Crippen molar-refractivity contribution in [2.45, 2.75) is 83.2 Å². The van der Waals surface area contributed by atoms with E-state index in [1.165, 1.54) is 49.7 Å². The van der Waals surface area contributed by atoms with E-state index in [1.807, 2.05) is 0 Å². The van der Waals surface area contributed by atoms with Gasteiger partial charge in [0.05, 0.1) is 0 Å². The highest BCUT2D eigenvalue weighted by atomic mass is 16.5. The Morgan fingerprint density at radius 2 is 1.58 bits per heavy atom. The minimum Gasteiger partial charge on any atom is -0.462 e. The lowest BCUT2D eigenvalue weighted by Crippen LogP contribution is -2.29. The molecule has 1 aromatic rings. The van der Waals surface area contributed by atoms with Crippen LogP contribution in [0.1, 0.15) is 81.3 Å². The van der Waals surface area contributed by atoms with Gasteiger partial charge in [0.25, 0.3) is 0 Å². The van der Waals surface area contributed by atoms with E-state index in [9.17, 15) is 4.79 Å². The van der Waals surface area contributed by atoms with Crippen LogP contribution in [-0.4, -0.2) is 12.1 Å². The molecule has 1 aromatic carbocycles. The first-order valence-corrected chi connectivity index (χ1v) is 10.5. The van der Waals surface area contributed by atoms with E-state index in [-0.39, 0.29) is 12.1 Å². The maximum absolute atomic E-state index is 11.8. The van der Waals surface area contributed by atoms with Gasteiger partial charge in [-0.05, 0) is 88.0 Å². The second kappa shape index (κ2) is 9.39. The molecule has 0 atom stereocenters. The molecule has 2 nitrogen and oxygen atoms in total. The van der Waals surface area contributed by atoms with E-state index >= 15 is 0 Å². The third kappa shape index (κ3) is 5.22. The zero-order valence-electron chi connectivity index (χ0n) is 16.3. The normalized spacial score (nSPS) is 29.1. The van der Waals surface area contributed by atoms with Crippen LogP contribution < -0.4 is 0 Å². The molecule has 2 heteroatoms. The second-order valence-corrected chi connectivity index (χ2v) is 8.38. The molecule has 0 bridgehead atoms. The first kappa shape index (κ1) is 19.2. The van der Waals surface area contributed by atoms with Gasteiger partial charge in [0.15, 0.2) is 0 Å². The number of hydrogen-bond acceptors (Lipinski definition) is 2. The van der Waals surface area contributed by atoms with Gasteiger partial charge < -0.3 is 4.74 Å². The van der Waals surface area contributed by atoms with Gasteiger partial charge in [-0.1, -0.05) is 35.9 Å². The topological polar surface area (TPSA) is 26.3 Å². The maximum Gasteiger partial charge on any atom is 0.306 e. The summed E-state index contributed by atoms with van der Waals surface area (Å²) in [5, 5.41) is 0. The number of benzene rings is 1. The van der Waals surface area contributed by atoms with Gasteiger partial charge in [-0.25, -0.2) is 0 Å². The van der Waals surface area contributed by atoms with Crippen molar-refractivity contribution in [2.75, 3.05) is 0 Å². The van der Waals surface area contributed by atoms with Gasteiger partial charge in [-0.2, -0.15) is 0 Å². The molecule has 2 fully saturated rings. The molecule has 0 spiro atoms. The van der Waals surface area contributed by atoms with Crippen molar-refractivity contribution in [3.8, 4) is 0 Å². The zero-order valence-corrected chi connectivity index (χ0v) is 16.3. The molecule has 3 rings (SSSR count). The zero-order chi connectivity index (χ0) is 18.4. The number of rotatable bonds is 6. The first-order chi connectivity index (χ1) is 12.7. The summed E-state index contributed by atoms with van der Waals surface area (Å²) in [6.45, 7) is 5.82. The molecule has 142 valence electrons. The number of allylic oxidation sites excluding steroid dienone is 1. The Hall–Kier alpha value is -1.57. The number of aryl methyl sites for hydroxylation is 1. The van der Waals surface area contributed by atoms with Crippen molar-refractivity contribution in [3.63, 3.8) is 0 Å². The Morgan fingerprint density at radius 1 is 1.00 bits per heavy atom. The van der Waals surface area contributed by atoms with Gasteiger partial charge in [-0.15, -0.1) is 6.58 Å². The molecule has 0 aromatic heterocycles. The van der Waals surface area contributed by atoms with Crippen LogP contribution in [0.4, 0.5) is 0 Å². The second-order valence-electron chi connectivity index (χ2n) is 8.38. The summed E-state index contributed by atoms with van der Waals surface area (Å²) >= 11 is 0. The van der Waals surface area contributed by atoms with Gasteiger partial charge in [0.2, 0.25) is 0 Å². The molecule has 2 aliphatic rings. The van der Waals surface area contributed by atoms with Gasteiger partial charge in [0.1, 0.15) is 6.10 Å². The highest BCUT2D eigenvalue weighted by Crippen LogP contribution is 2.43. The summed E-state index contributed by atoms with van der Waals surface area (Å²) in [5.41, 5.74) is 2.88. The minimum absolute atomic E-state index is 0.0491. The Balaban J connectivity index is 1.40. The number of esters is 1. The van der Waals surface area contributed by atoms with Crippen LogP contribution in [0.2, 0.25) is 0 Å². The largest absolute Gasteiger partial charge is 0.462 e. The summed E-state index contributed by atoms with van der Waals surface area (Å²) in [7, 11) is 0. The summed E-state index contributed by atoms with van der Waals surface area (Å²) in [5.74, 6) is 2.44. The molecule has 2 aliphatic carbocycles. The molecule has 0 heterocycles. The number of hydrogen-bond donors (Lipinski definition) is 0. The van der Waals surface area contributed by atoms with Crippen LogP contribution in [-0.2, 0) is 9.53 Å². The van der Waals surface area contributed by atoms with Crippen molar-refractivity contribution in [1.29, 1.82) is 0 Å². The van der Waals surface area contributed by atoms with Crippen molar-refractivity contribution in [1.82, 2.24) is 0 Å². The van der Waals surface area contributed by atoms with Crippen LogP contribution in [0.15, 0.2) is 36.9 Å². The Labute approximate surface area is 159 Å². The third-order valence-corrected chi connectivity index (χ3v) is 6.56. The highest BCUT2D eigenvalue weighted by Gasteiger charge is 2.32. The molecule has 0 amide bonds. The van der Waals surface area contributed by atoms with Crippen molar-refractivity contribution in [2.24, 2.45) is 11.8 Å². The molecule has 0 unspecified atom stereocenters. The quantitative estimate of drug-likeness (QED) is 0.440. The van der Waals surface area contributed by atoms with Crippen LogP contribution in [0, 0.1) is 18.8 Å². The fourth-order valence-electron chi connectivity index (χ4n) is 4.91. The van der Waals surface area contributed by atoms with E-state index < -0.39 is 0 Å². The highest BCUT2D eigenvalue weighted by molar-refractivity contribution is 5.69. The molecular weight excluding hydrogens is 320 g/mol. The number of carbonyl (C=O) groups is 1. The summed E-state index contributed by atoms with van der Waals surface area (Å²) in [6.07, 6.45) is 13.1. The van der Waals surface area contributed by atoms with E-state index in [0.717, 1.165) is 37.0 Å². The SMILES string of the molecule is C=CCCC(=O)OC1CCC(C2CCC(c3ccc(C)cc3)CC2)CC1. The van der Waals surface area contributed by atoms with Gasteiger partial charge in [0, 0.05) is 6.42 Å². The van der Waals surface area contributed by atoms with Gasteiger partial charge in [-0.3, -0.25) is 4.79 Å². The molecule has 0 aliphatic heterocycles. The number of ether oxygens (including phenoxy) is 1. The minimum atomic E-state index is -0.0491. The molecular formula is C24H34O2. The van der Waals surface area contributed by atoms with Crippen LogP contribution >= 0.6 is 0 Å². The van der Waals surface area contributed by atoms with E-state index in [4.69, 9.17) is 4.74 Å². The average Bonchev–Trinajstić information content (AvgIpc) is 2.68. The fraction of sp³-hybridized carbons (Fsp3) is 0.625. The molecule has 0 N–H and O–H groups in total. The average molecular weight is 355 g/mol. The Morgan fingerprint density at radius 3 is 2.15 bits per heavy atom. The predicted molar refractivity (Wildman–Crippen MR) is 107 cm³/mol. The van der Waals surface area contributed by atoms with Crippen LogP contribution in [0.5, 0.6) is 0 Å². The third-order valence-electron chi connectivity index (χ3n) is 6.56. The standard InChI is InChI=1S/C24H34O2/c1-3-4-5-24(25)26-23-16-14-22(15-17-23)21-12-10-20(11-13-21)19-8-6-18(2)7-9-19/h3,6-9,20-23H,1,4-5,10-17H2,2H3. The molecule has 2 saturated carbocycles. The maximum atomic E-state index is 11.8. The Kier molecular flexibility index (Phi) is 6.93. The van der Waals surface area contributed by atoms with Crippen molar-refractivity contribution in [3.05, 3.63) is 48.0 Å². The summed E-state index contributed by atoms with van der Waals surface area (Å²) < 4.78 is 5.63. The lowest BCUT2D eigenvalue weighted by Gasteiger charge is -2.37. The van der Waals surface area contributed by atoms with Crippen LogP contribution in [0.25, 0.3) is 0 Å². The smallest absolute Gasteiger partial charge is 0.306 e. The summed E-state index contributed by atoms with van der Waals surface area (Å²) in [6, 6.07) is 9.15. The van der Waals surface area contributed by atoms with Crippen molar-refractivity contribution >= 4 is 5.97 Å². The summed E-state index contributed by atoms with van der Waals surface area (Å²) in [4.78, 5) is 11.8. The predicted octanol–water partition coefficient (Wildman–Crippen LogP) is 6.34. The number of carbonyl (C=O) groups excluding carboxylic acids is 1. The molecule has 26 heavy (non-hydrogen) atoms. The van der Waals surface area contributed by atoms with E-state index in [1.54, 1.807) is 6.08 Å². The molecule has 0 radical (unpaired) electrons. The van der Waals surface area contributed by atoms with Gasteiger partial charge >= 0.3 is 5.97 Å². The monoisotopic (exact) mass is 354 g/mol. The lowest BCUT2D eigenvalue weighted by atomic mass is 9.69. The molecule has 0 saturated heterocycles. The lowest BCUT2D eigenvalue weighted by molar-refractivity contribution is -0.151.